The third-order valence-corrected chi connectivity index (χ3v) is 8.83. The largest absolute Gasteiger partial charge is 0.497 e. The van der Waals surface area contributed by atoms with Crippen molar-refractivity contribution < 1.29 is 33.2 Å². The normalized spacial score (nSPS) is 19.0. The smallest absolute Gasteiger partial charge is 0.256 e. The fraction of sp³-hybridized carbons (Fsp3) is 0.211. The molecule has 0 radical (unpaired) electrons. The molecule has 4 aromatic carbocycles. The summed E-state index contributed by atoms with van der Waals surface area (Å²) in [4.78, 5) is 25.7. The Labute approximate surface area is 287 Å². The Bertz CT molecular complexity index is 2010. The Kier molecular flexibility index (Phi) is 9.22. The van der Waals surface area contributed by atoms with Crippen molar-refractivity contribution >= 4 is 22.9 Å². The lowest BCUT2D eigenvalue weighted by Crippen LogP contribution is -2.39. The van der Waals surface area contributed by atoms with Crippen LogP contribution in [0.15, 0.2) is 122 Å². The molecule has 254 valence electrons. The minimum Gasteiger partial charge on any atom is -0.497 e. The SMILES string of the molecule is COc1ccc(C(OC[C@H]2O[C@@H](n3cnc4c(NC(=O)c5ccccc5)ncnc43)[C@H](F)[C@@H]2O)(c2ccccc2)c2ccc(OC)cc2)cc1. The van der Waals surface area contributed by atoms with Gasteiger partial charge in [-0.2, -0.15) is 0 Å². The number of ether oxygens (including phenoxy) is 4. The van der Waals surface area contributed by atoms with E-state index in [2.05, 4.69) is 20.3 Å². The molecule has 0 bridgehead atoms. The van der Waals surface area contributed by atoms with Gasteiger partial charge < -0.3 is 29.4 Å². The maximum Gasteiger partial charge on any atom is 0.256 e. The second-order valence-corrected chi connectivity index (χ2v) is 11.7. The Hall–Kier alpha value is -5.69. The molecule has 0 spiro atoms. The highest BCUT2D eigenvalue weighted by Crippen LogP contribution is 2.43. The Balaban J connectivity index is 1.20. The van der Waals surface area contributed by atoms with E-state index < -0.39 is 30.2 Å². The lowest BCUT2D eigenvalue weighted by Gasteiger charge is -2.37. The molecule has 3 heterocycles. The molecular formula is C38H34FN5O6. The number of hydrogen-bond acceptors (Lipinski definition) is 9. The molecule has 7 rings (SSSR count). The molecule has 0 saturated carbocycles. The van der Waals surface area contributed by atoms with Crippen LogP contribution in [0.4, 0.5) is 10.2 Å². The molecule has 1 saturated heterocycles. The zero-order valence-electron chi connectivity index (χ0n) is 27.2. The van der Waals surface area contributed by atoms with Crippen molar-refractivity contribution in [3.8, 4) is 11.5 Å². The number of carbonyl (C=O) groups is 1. The number of carbonyl (C=O) groups excluding carboxylic acids is 1. The molecule has 1 amide bonds. The number of nitrogens with one attached hydrogen (secondary N) is 1. The Morgan fingerprint density at radius 2 is 1.42 bits per heavy atom. The second kappa shape index (κ2) is 14.0. The lowest BCUT2D eigenvalue weighted by molar-refractivity contribution is -0.0935. The zero-order chi connectivity index (χ0) is 34.7. The van der Waals surface area contributed by atoms with Crippen LogP contribution in [0.1, 0.15) is 33.3 Å². The van der Waals surface area contributed by atoms with Crippen molar-refractivity contribution in [3.05, 3.63) is 144 Å². The number of alkyl halides is 1. The van der Waals surface area contributed by atoms with Crippen LogP contribution in [0.3, 0.4) is 0 Å². The van der Waals surface area contributed by atoms with Crippen molar-refractivity contribution in [2.75, 3.05) is 26.1 Å². The minimum absolute atomic E-state index is 0.156. The molecule has 1 aliphatic rings. The van der Waals surface area contributed by atoms with E-state index in [9.17, 15) is 9.90 Å². The van der Waals surface area contributed by atoms with E-state index in [4.69, 9.17) is 18.9 Å². The fourth-order valence-electron chi connectivity index (χ4n) is 6.25. The molecular weight excluding hydrogens is 641 g/mol. The van der Waals surface area contributed by atoms with E-state index in [0.29, 0.717) is 17.1 Å². The first-order chi connectivity index (χ1) is 24.4. The summed E-state index contributed by atoms with van der Waals surface area (Å²) in [5, 5.41) is 14.0. The van der Waals surface area contributed by atoms with Crippen molar-refractivity contribution in [2.45, 2.75) is 30.2 Å². The highest BCUT2D eigenvalue weighted by molar-refractivity contribution is 6.06. The van der Waals surface area contributed by atoms with Gasteiger partial charge in [-0.25, -0.2) is 19.3 Å². The van der Waals surface area contributed by atoms with Gasteiger partial charge in [-0.15, -0.1) is 0 Å². The number of rotatable bonds is 11. The van der Waals surface area contributed by atoms with Crippen LogP contribution in [-0.2, 0) is 15.1 Å². The number of hydrogen-bond donors (Lipinski definition) is 2. The number of fused-ring (bicyclic) bond motifs is 1. The maximum atomic E-state index is 16.0. The zero-order valence-corrected chi connectivity index (χ0v) is 27.2. The van der Waals surface area contributed by atoms with E-state index in [-0.39, 0.29) is 29.5 Å². The van der Waals surface area contributed by atoms with E-state index in [1.54, 1.807) is 38.5 Å². The topological polar surface area (TPSA) is 130 Å². The number of aliphatic hydroxyl groups is 1. The first kappa shape index (κ1) is 32.8. The molecule has 6 aromatic rings. The van der Waals surface area contributed by atoms with Crippen LogP contribution < -0.4 is 14.8 Å². The van der Waals surface area contributed by atoms with Gasteiger partial charge in [-0.05, 0) is 53.1 Å². The van der Waals surface area contributed by atoms with Crippen molar-refractivity contribution in [1.29, 1.82) is 0 Å². The van der Waals surface area contributed by atoms with Gasteiger partial charge in [0.15, 0.2) is 29.4 Å². The monoisotopic (exact) mass is 675 g/mol. The summed E-state index contributed by atoms with van der Waals surface area (Å²) in [5.74, 6) is 1.11. The number of aromatic nitrogens is 4. The minimum atomic E-state index is -1.86. The molecule has 0 aliphatic carbocycles. The van der Waals surface area contributed by atoms with Crippen LogP contribution in [0.2, 0.25) is 0 Å². The number of amides is 1. The summed E-state index contributed by atoms with van der Waals surface area (Å²) in [6, 6.07) is 33.3. The van der Waals surface area contributed by atoms with E-state index in [0.717, 1.165) is 16.7 Å². The fourth-order valence-corrected chi connectivity index (χ4v) is 6.25. The third-order valence-electron chi connectivity index (χ3n) is 8.83. The molecule has 12 heteroatoms. The van der Waals surface area contributed by atoms with Gasteiger partial charge in [0, 0.05) is 5.56 Å². The highest BCUT2D eigenvalue weighted by Gasteiger charge is 2.48. The summed E-state index contributed by atoms with van der Waals surface area (Å²) in [7, 11) is 3.19. The summed E-state index contributed by atoms with van der Waals surface area (Å²) in [5.41, 5.74) is 2.05. The number of anilines is 1. The van der Waals surface area contributed by atoms with Crippen molar-refractivity contribution in [1.82, 2.24) is 19.5 Å². The first-order valence-corrected chi connectivity index (χ1v) is 15.9. The molecule has 2 N–H and O–H groups in total. The van der Waals surface area contributed by atoms with Crippen LogP contribution in [-0.4, -0.2) is 69.7 Å². The number of methoxy groups -OCH3 is 2. The maximum absolute atomic E-state index is 16.0. The highest BCUT2D eigenvalue weighted by atomic mass is 19.1. The van der Waals surface area contributed by atoms with Crippen LogP contribution >= 0.6 is 0 Å². The molecule has 1 fully saturated rings. The molecule has 50 heavy (non-hydrogen) atoms. The predicted molar refractivity (Wildman–Crippen MR) is 183 cm³/mol. The summed E-state index contributed by atoms with van der Waals surface area (Å²) >= 11 is 0. The van der Waals surface area contributed by atoms with Gasteiger partial charge in [0.05, 0.1) is 27.2 Å². The van der Waals surface area contributed by atoms with Gasteiger partial charge in [-0.3, -0.25) is 9.36 Å². The van der Waals surface area contributed by atoms with Gasteiger partial charge in [0.25, 0.3) is 5.91 Å². The average molecular weight is 676 g/mol. The quantitative estimate of drug-likeness (QED) is 0.166. The molecule has 2 aromatic heterocycles. The second-order valence-electron chi connectivity index (χ2n) is 11.7. The van der Waals surface area contributed by atoms with Crippen molar-refractivity contribution in [3.63, 3.8) is 0 Å². The number of nitrogens with zero attached hydrogens (tertiary/aromatic N) is 4. The molecule has 4 atom stereocenters. The van der Waals surface area contributed by atoms with E-state index in [1.165, 1.54) is 17.2 Å². The molecule has 1 aliphatic heterocycles. The summed E-state index contributed by atoms with van der Waals surface area (Å²) in [6.07, 6.45) is -3.16. The van der Waals surface area contributed by atoms with E-state index >= 15 is 4.39 Å². The Morgan fingerprint density at radius 3 is 2.02 bits per heavy atom. The van der Waals surface area contributed by atoms with Crippen molar-refractivity contribution in [2.24, 2.45) is 0 Å². The predicted octanol–water partition coefficient (Wildman–Crippen LogP) is 5.70. The lowest BCUT2D eigenvalue weighted by atomic mass is 9.80. The average Bonchev–Trinajstić information content (AvgIpc) is 3.73. The van der Waals surface area contributed by atoms with E-state index in [1.807, 2.05) is 84.9 Å². The van der Waals surface area contributed by atoms with Gasteiger partial charge in [0.2, 0.25) is 0 Å². The van der Waals surface area contributed by atoms with Crippen LogP contribution in [0.5, 0.6) is 11.5 Å². The number of halogens is 1. The molecule has 11 nitrogen and oxygen atoms in total. The number of aliphatic hydroxyl groups excluding tert-OH is 1. The van der Waals surface area contributed by atoms with Gasteiger partial charge in [0.1, 0.15) is 35.6 Å². The van der Waals surface area contributed by atoms with Crippen LogP contribution in [0, 0.1) is 0 Å². The number of benzene rings is 4. The standard InChI is InChI=1S/C38H34FN5O6/c1-47-28-17-13-26(14-18-28)38(25-11-7-4-8-12-25,27-15-19-29(48-2)20-16-27)49-21-30-33(45)31(39)37(50-30)44-23-42-32-34(40-22-41-35(32)44)43-36(46)24-9-5-3-6-10-24/h3-20,22-23,30-31,33,37,45H,21H2,1-2H3,(H,40,41,43,46)/t30-,31-,33-,37-/m1/s1. The molecule has 0 unspecified atom stereocenters. The Morgan fingerprint density at radius 1 is 0.840 bits per heavy atom. The number of imidazole rings is 1. The third kappa shape index (κ3) is 6.04. The first-order valence-electron chi connectivity index (χ1n) is 15.9. The van der Waals surface area contributed by atoms with Crippen LogP contribution in [0.25, 0.3) is 11.2 Å². The summed E-state index contributed by atoms with van der Waals surface area (Å²) in [6.45, 7) is -0.189. The van der Waals surface area contributed by atoms with Gasteiger partial charge in [-0.1, -0.05) is 72.8 Å². The van der Waals surface area contributed by atoms with Gasteiger partial charge >= 0.3 is 0 Å². The summed E-state index contributed by atoms with van der Waals surface area (Å²) < 4.78 is 41.3.